The Hall–Kier alpha value is 0.0103. The van der Waals surface area contributed by atoms with Crippen LogP contribution in [-0.2, 0) is 31.9 Å². The second-order valence-corrected chi connectivity index (χ2v) is 15.3. The molecule has 2 rings (SSSR count). The van der Waals surface area contributed by atoms with Crippen molar-refractivity contribution >= 4 is 37.7 Å². The summed E-state index contributed by atoms with van der Waals surface area (Å²) in [4.78, 5) is 7.82. The van der Waals surface area contributed by atoms with Gasteiger partial charge in [-0.15, -0.1) is 0 Å². The summed E-state index contributed by atoms with van der Waals surface area (Å²) >= 11 is -1.79. The third-order valence-electron chi connectivity index (χ3n) is 2.54. The zero-order valence-electron chi connectivity index (χ0n) is 11.7. The van der Waals surface area contributed by atoms with Gasteiger partial charge >= 0.3 is 42.8 Å². The van der Waals surface area contributed by atoms with E-state index in [0.717, 1.165) is 5.69 Å². The summed E-state index contributed by atoms with van der Waals surface area (Å²) in [6.07, 6.45) is 5.75. The van der Waals surface area contributed by atoms with Gasteiger partial charge in [0.15, 0.2) is 0 Å². The molecule has 1 aliphatic heterocycles. The Bertz CT molecular complexity index is 587. The van der Waals surface area contributed by atoms with Gasteiger partial charge in [0.25, 0.3) is 10.1 Å². The molecule has 2 heterocycles. The number of rotatable bonds is 6. The van der Waals surface area contributed by atoms with E-state index in [2.05, 4.69) is 11.7 Å². The minimum absolute atomic E-state index is 0.237. The Morgan fingerprint density at radius 1 is 1.22 bits per heavy atom. The third kappa shape index (κ3) is 11.2. The van der Waals surface area contributed by atoms with Crippen molar-refractivity contribution in [3.05, 3.63) is 49.2 Å². The first-order valence-corrected chi connectivity index (χ1v) is 15.9. The second-order valence-electron chi connectivity index (χ2n) is 4.31. The summed E-state index contributed by atoms with van der Waals surface area (Å²) in [5.41, 5.74) is 0.930. The molecule has 0 saturated carbocycles. The molecule has 11 heteroatoms. The van der Waals surface area contributed by atoms with Crippen LogP contribution in [0.5, 0.6) is 0 Å². The number of hydrogen-bond acceptors (Lipinski definition) is 5. The first-order valence-electron chi connectivity index (χ1n) is 6.20. The van der Waals surface area contributed by atoms with Gasteiger partial charge < -0.3 is 9.80 Å². The van der Waals surface area contributed by atoms with Crippen molar-refractivity contribution in [2.45, 2.75) is 13.0 Å². The first kappa shape index (κ1) is 21.1. The SMILES string of the molecule is O=S(=O)(O)CCCN1[C]N(Cc2ccccn2)C=C1.[Cl][Au]([Cl])[Cl]. The van der Waals surface area contributed by atoms with Crippen LogP contribution in [0.4, 0.5) is 0 Å². The van der Waals surface area contributed by atoms with Gasteiger partial charge in [-0.05, 0) is 18.6 Å². The molecule has 0 fully saturated rings. The van der Waals surface area contributed by atoms with Gasteiger partial charge in [0.1, 0.15) is 0 Å². The number of pyridine rings is 1. The summed E-state index contributed by atoms with van der Waals surface area (Å²) in [7, 11) is 11.0. The fourth-order valence-electron chi connectivity index (χ4n) is 1.69. The van der Waals surface area contributed by atoms with Gasteiger partial charge in [0.05, 0.1) is 18.0 Å². The van der Waals surface area contributed by atoms with Crippen molar-refractivity contribution < 1.29 is 28.2 Å². The fourth-order valence-corrected chi connectivity index (χ4v) is 2.18. The van der Waals surface area contributed by atoms with Crippen LogP contribution >= 0.6 is 27.6 Å². The Kier molecular flexibility index (Phi) is 9.88. The molecule has 1 aromatic rings. The molecule has 1 aromatic heterocycles. The van der Waals surface area contributed by atoms with Crippen LogP contribution in [0, 0.1) is 6.67 Å². The van der Waals surface area contributed by atoms with Crippen molar-refractivity contribution in [1.29, 1.82) is 0 Å². The Morgan fingerprint density at radius 2 is 1.87 bits per heavy atom. The molecular formula is C12H15AuCl3N3O3S. The van der Waals surface area contributed by atoms with E-state index in [0.29, 0.717) is 19.5 Å². The van der Waals surface area contributed by atoms with Crippen molar-refractivity contribution in [2.24, 2.45) is 0 Å². The van der Waals surface area contributed by atoms with Crippen LogP contribution in [-0.4, -0.2) is 40.1 Å². The zero-order chi connectivity index (χ0) is 17.3. The molecule has 1 aliphatic rings. The molecule has 23 heavy (non-hydrogen) atoms. The van der Waals surface area contributed by atoms with Crippen LogP contribution < -0.4 is 0 Å². The van der Waals surface area contributed by atoms with Gasteiger partial charge in [0.2, 0.25) is 6.67 Å². The van der Waals surface area contributed by atoms with E-state index < -0.39 is 25.3 Å². The monoisotopic (exact) mass is 583 g/mol. The van der Waals surface area contributed by atoms with Crippen LogP contribution in [0.25, 0.3) is 0 Å². The van der Waals surface area contributed by atoms with E-state index in [4.69, 9.17) is 32.1 Å². The molecule has 2 radical (unpaired) electrons. The molecule has 0 unspecified atom stereocenters. The molecule has 0 aliphatic carbocycles. The van der Waals surface area contributed by atoms with E-state index in [1.807, 2.05) is 35.5 Å². The molecule has 0 spiro atoms. The fraction of sp³-hybridized carbons (Fsp3) is 0.333. The average molecular weight is 585 g/mol. The molecular weight excluding hydrogens is 570 g/mol. The second kappa shape index (κ2) is 10.8. The van der Waals surface area contributed by atoms with Crippen molar-refractivity contribution in [3.8, 4) is 0 Å². The maximum absolute atomic E-state index is 10.6. The number of hydrogen-bond donors (Lipinski definition) is 1. The number of nitrogens with zero attached hydrogens (tertiary/aromatic N) is 3. The Morgan fingerprint density at radius 3 is 2.43 bits per heavy atom. The van der Waals surface area contributed by atoms with Crippen molar-refractivity contribution in [3.63, 3.8) is 0 Å². The predicted octanol–water partition coefficient (Wildman–Crippen LogP) is 3.01. The average Bonchev–Trinajstić information content (AvgIpc) is 2.85. The Balaban J connectivity index is 0.000000593. The number of aromatic nitrogens is 1. The molecule has 0 amide bonds. The van der Waals surface area contributed by atoms with Crippen molar-refractivity contribution in [1.82, 2.24) is 14.8 Å². The summed E-state index contributed by atoms with van der Waals surface area (Å²) in [6, 6.07) is 5.71. The maximum atomic E-state index is 10.6. The number of halogens is 3. The summed E-state index contributed by atoms with van der Waals surface area (Å²) in [6.45, 7) is 4.18. The van der Waals surface area contributed by atoms with Crippen LogP contribution in [0.2, 0.25) is 0 Å². The normalized spacial score (nSPS) is 14.5. The van der Waals surface area contributed by atoms with E-state index >= 15 is 0 Å². The van der Waals surface area contributed by atoms with Crippen LogP contribution in [0.15, 0.2) is 36.8 Å². The predicted molar refractivity (Wildman–Crippen MR) is 87.5 cm³/mol. The topological polar surface area (TPSA) is 73.7 Å². The third-order valence-corrected chi connectivity index (χ3v) is 3.35. The molecule has 0 atom stereocenters. The van der Waals surface area contributed by atoms with E-state index in [1.54, 1.807) is 11.1 Å². The van der Waals surface area contributed by atoms with Gasteiger partial charge in [-0.3, -0.25) is 9.54 Å². The first-order chi connectivity index (χ1) is 10.8. The summed E-state index contributed by atoms with van der Waals surface area (Å²) < 4.78 is 29.8. The molecule has 1 N–H and O–H groups in total. The zero-order valence-corrected chi connectivity index (χ0v) is 17.0. The van der Waals surface area contributed by atoms with E-state index in [-0.39, 0.29) is 5.75 Å². The molecule has 0 aromatic carbocycles. The molecule has 0 saturated heterocycles. The summed E-state index contributed by atoms with van der Waals surface area (Å²) in [5.74, 6) is -0.237. The quantitative estimate of drug-likeness (QED) is 0.410. The van der Waals surface area contributed by atoms with E-state index in [9.17, 15) is 8.42 Å². The minimum atomic E-state index is -3.88. The summed E-state index contributed by atoms with van der Waals surface area (Å²) in [5, 5.41) is 0. The molecule has 134 valence electrons. The Labute approximate surface area is 154 Å². The van der Waals surface area contributed by atoms with E-state index in [1.165, 1.54) is 0 Å². The van der Waals surface area contributed by atoms with Gasteiger partial charge in [-0.2, -0.15) is 8.42 Å². The van der Waals surface area contributed by atoms with Crippen LogP contribution in [0.3, 0.4) is 0 Å². The standard InChI is InChI=1S/C12H15N3O3S.Au.3ClH/c16-19(17,18)9-3-6-14-7-8-15(11-14)10-12-4-1-2-5-13-12;;;;/h1-2,4-5,7-8H,3,6,9-10H2,(H,16,17,18);;3*1H/q;+3;;;/p-3. The van der Waals surface area contributed by atoms with Gasteiger partial charge in [0, 0.05) is 25.1 Å². The van der Waals surface area contributed by atoms with Gasteiger partial charge in [-0.25, -0.2) is 0 Å². The van der Waals surface area contributed by atoms with Crippen molar-refractivity contribution in [2.75, 3.05) is 12.3 Å². The molecule has 6 nitrogen and oxygen atoms in total. The van der Waals surface area contributed by atoms with Crippen LogP contribution in [0.1, 0.15) is 12.1 Å². The molecule has 0 bridgehead atoms. The van der Waals surface area contributed by atoms with Gasteiger partial charge in [-0.1, -0.05) is 6.07 Å².